The highest BCUT2D eigenvalue weighted by atomic mass is 19.1. The van der Waals surface area contributed by atoms with Crippen molar-refractivity contribution in [3.63, 3.8) is 0 Å². The average molecular weight is 276 g/mol. The molecule has 0 N–H and O–H groups in total. The summed E-state index contributed by atoms with van der Waals surface area (Å²) in [6, 6.07) is 18.7. The molecule has 0 aliphatic rings. The fourth-order valence-electron chi connectivity index (χ4n) is 2.25. The van der Waals surface area contributed by atoms with Crippen LogP contribution < -0.4 is 5.46 Å². The summed E-state index contributed by atoms with van der Waals surface area (Å²) in [4.78, 5) is 0. The van der Waals surface area contributed by atoms with Gasteiger partial charge in [-0.2, -0.15) is 0 Å². The van der Waals surface area contributed by atoms with E-state index in [0.29, 0.717) is 16.7 Å². The fourth-order valence-corrected chi connectivity index (χ4v) is 2.25. The smallest absolute Gasteiger partial charge is 0.131 e. The molecule has 0 amide bonds. The maximum Gasteiger partial charge on any atom is 0.131 e. The van der Waals surface area contributed by atoms with Crippen LogP contribution in [0.15, 0.2) is 66.7 Å². The van der Waals surface area contributed by atoms with E-state index in [9.17, 15) is 8.78 Å². The van der Waals surface area contributed by atoms with Crippen LogP contribution in [0, 0.1) is 11.6 Å². The van der Waals surface area contributed by atoms with Gasteiger partial charge in [0.05, 0.1) is 0 Å². The molecule has 3 aromatic rings. The van der Waals surface area contributed by atoms with Gasteiger partial charge in [0.2, 0.25) is 0 Å². The average Bonchev–Trinajstić information content (AvgIpc) is 2.51. The molecular weight excluding hydrogens is 265 g/mol. The van der Waals surface area contributed by atoms with E-state index in [0.717, 1.165) is 5.56 Å². The van der Waals surface area contributed by atoms with Gasteiger partial charge in [-0.3, -0.25) is 0 Å². The molecule has 3 aromatic carbocycles. The van der Waals surface area contributed by atoms with Gasteiger partial charge in [0.1, 0.15) is 19.5 Å². The Morgan fingerprint density at radius 2 is 1.24 bits per heavy atom. The molecule has 3 heteroatoms. The van der Waals surface area contributed by atoms with Gasteiger partial charge in [-0.1, -0.05) is 60.1 Å². The lowest BCUT2D eigenvalue weighted by Crippen LogP contribution is -2.07. The second kappa shape index (κ2) is 5.53. The largest absolute Gasteiger partial charge is 0.208 e. The summed E-state index contributed by atoms with van der Waals surface area (Å²) in [6.45, 7) is 0. The van der Waals surface area contributed by atoms with Gasteiger partial charge in [-0.05, 0) is 28.8 Å². The first-order chi connectivity index (χ1) is 10.1. The summed E-state index contributed by atoms with van der Waals surface area (Å²) < 4.78 is 27.8. The normalized spacial score (nSPS) is 10.6. The van der Waals surface area contributed by atoms with Crippen molar-refractivity contribution >= 4 is 13.3 Å². The maximum atomic E-state index is 14.3. The van der Waals surface area contributed by atoms with Gasteiger partial charge in [0.15, 0.2) is 0 Å². The predicted octanol–water partition coefficient (Wildman–Crippen LogP) is 4.09. The third-order valence-corrected chi connectivity index (χ3v) is 3.39. The Labute approximate surface area is 123 Å². The Hall–Kier alpha value is -2.42. The molecule has 0 atom stereocenters. The first-order valence-corrected chi connectivity index (χ1v) is 6.55. The van der Waals surface area contributed by atoms with Crippen molar-refractivity contribution in [2.45, 2.75) is 0 Å². The summed E-state index contributed by atoms with van der Waals surface area (Å²) in [6.07, 6.45) is 0. The predicted molar refractivity (Wildman–Crippen MR) is 82.6 cm³/mol. The zero-order chi connectivity index (χ0) is 14.8. The fraction of sp³-hybridized carbons (Fsp3) is 0. The van der Waals surface area contributed by atoms with Gasteiger partial charge >= 0.3 is 0 Å². The SMILES string of the molecule is [B]c1ccc(-c2ccc(-c3ccccc3)c(F)c2)cc1F. The lowest BCUT2D eigenvalue weighted by molar-refractivity contribution is 0.631. The van der Waals surface area contributed by atoms with E-state index in [1.165, 1.54) is 18.2 Å². The van der Waals surface area contributed by atoms with Gasteiger partial charge < -0.3 is 0 Å². The summed E-state index contributed by atoms with van der Waals surface area (Å²) in [7, 11) is 5.45. The van der Waals surface area contributed by atoms with Crippen LogP contribution in [0.5, 0.6) is 0 Å². The standard InChI is InChI=1S/C18H11BF2/c19-16-9-7-14(11-18(16)21)13-6-8-15(17(20)10-13)12-4-2-1-3-5-12/h1-11H. The number of benzene rings is 3. The quantitative estimate of drug-likeness (QED) is 0.618. The molecule has 100 valence electrons. The molecule has 0 fully saturated rings. The highest BCUT2D eigenvalue weighted by Gasteiger charge is 2.08. The zero-order valence-corrected chi connectivity index (χ0v) is 11.2. The number of hydrogen-bond donors (Lipinski definition) is 0. The molecule has 21 heavy (non-hydrogen) atoms. The number of halogens is 2. The molecule has 0 saturated heterocycles. The summed E-state index contributed by atoms with van der Waals surface area (Å²) >= 11 is 0. The van der Waals surface area contributed by atoms with E-state index in [-0.39, 0.29) is 11.3 Å². The maximum absolute atomic E-state index is 14.3. The third-order valence-electron chi connectivity index (χ3n) is 3.39. The topological polar surface area (TPSA) is 0 Å². The van der Waals surface area contributed by atoms with E-state index in [2.05, 4.69) is 0 Å². The highest BCUT2D eigenvalue weighted by Crippen LogP contribution is 2.27. The van der Waals surface area contributed by atoms with Crippen LogP contribution in [0.4, 0.5) is 8.78 Å². The first-order valence-electron chi connectivity index (χ1n) is 6.55. The molecule has 0 aromatic heterocycles. The minimum absolute atomic E-state index is 0.0835. The first kappa shape index (κ1) is 13.6. The van der Waals surface area contributed by atoms with E-state index in [4.69, 9.17) is 7.85 Å². The molecule has 0 saturated carbocycles. The number of rotatable bonds is 2. The van der Waals surface area contributed by atoms with Crippen LogP contribution in [-0.2, 0) is 0 Å². The van der Waals surface area contributed by atoms with Crippen LogP contribution in [-0.4, -0.2) is 7.85 Å². The number of hydrogen-bond acceptors (Lipinski definition) is 0. The van der Waals surface area contributed by atoms with Crippen molar-refractivity contribution in [1.82, 2.24) is 0 Å². The molecule has 0 nitrogen and oxygen atoms in total. The molecule has 0 heterocycles. The van der Waals surface area contributed by atoms with Crippen molar-refractivity contribution in [3.8, 4) is 22.3 Å². The van der Waals surface area contributed by atoms with Crippen molar-refractivity contribution in [3.05, 3.63) is 78.4 Å². The lowest BCUT2D eigenvalue weighted by atomic mass is 9.92. The highest BCUT2D eigenvalue weighted by molar-refractivity contribution is 6.32. The molecule has 0 aliphatic carbocycles. The Kier molecular flexibility index (Phi) is 3.57. The van der Waals surface area contributed by atoms with Gasteiger partial charge in [0.25, 0.3) is 0 Å². The second-order valence-corrected chi connectivity index (χ2v) is 4.80. The van der Waals surface area contributed by atoms with Crippen molar-refractivity contribution in [2.75, 3.05) is 0 Å². The van der Waals surface area contributed by atoms with Crippen LogP contribution in [0.25, 0.3) is 22.3 Å². The van der Waals surface area contributed by atoms with Gasteiger partial charge in [-0.25, -0.2) is 8.78 Å². The minimum Gasteiger partial charge on any atom is -0.208 e. The van der Waals surface area contributed by atoms with E-state index >= 15 is 0 Å². The van der Waals surface area contributed by atoms with E-state index in [1.54, 1.807) is 18.2 Å². The van der Waals surface area contributed by atoms with Crippen LogP contribution in [0.1, 0.15) is 0 Å². The summed E-state index contributed by atoms with van der Waals surface area (Å²) in [5.74, 6) is -0.837. The Bertz CT molecular complexity index is 782. The Balaban J connectivity index is 2.03. The Morgan fingerprint density at radius 3 is 1.86 bits per heavy atom. The molecular formula is C18H11BF2. The molecule has 0 spiro atoms. The van der Waals surface area contributed by atoms with Crippen molar-refractivity contribution in [2.24, 2.45) is 0 Å². The van der Waals surface area contributed by atoms with Crippen molar-refractivity contribution < 1.29 is 8.78 Å². The molecule has 0 unspecified atom stereocenters. The van der Waals surface area contributed by atoms with Crippen molar-refractivity contribution in [1.29, 1.82) is 0 Å². The van der Waals surface area contributed by atoms with Gasteiger partial charge in [-0.15, -0.1) is 0 Å². The minimum atomic E-state index is -0.500. The van der Waals surface area contributed by atoms with E-state index < -0.39 is 5.82 Å². The molecule has 2 radical (unpaired) electrons. The summed E-state index contributed by atoms with van der Waals surface area (Å²) in [5.41, 5.74) is 2.63. The summed E-state index contributed by atoms with van der Waals surface area (Å²) in [5, 5.41) is 0. The second-order valence-electron chi connectivity index (χ2n) is 4.80. The lowest BCUT2D eigenvalue weighted by Gasteiger charge is -2.08. The van der Waals surface area contributed by atoms with Crippen LogP contribution in [0.3, 0.4) is 0 Å². The molecule has 0 bridgehead atoms. The third kappa shape index (κ3) is 2.73. The van der Waals surface area contributed by atoms with E-state index in [1.807, 2.05) is 30.3 Å². The molecule has 3 rings (SSSR count). The zero-order valence-electron chi connectivity index (χ0n) is 11.2. The van der Waals surface area contributed by atoms with Crippen LogP contribution in [0.2, 0.25) is 0 Å². The van der Waals surface area contributed by atoms with Gasteiger partial charge in [0, 0.05) is 5.56 Å². The monoisotopic (exact) mass is 276 g/mol. The van der Waals surface area contributed by atoms with Crippen LogP contribution >= 0.6 is 0 Å². The Morgan fingerprint density at radius 1 is 0.619 bits per heavy atom. The molecule has 0 aliphatic heterocycles.